The fourth-order valence-corrected chi connectivity index (χ4v) is 6.20. The fraction of sp³-hybridized carbons (Fsp3) is 0.860. The highest BCUT2D eigenvalue weighted by molar-refractivity contribution is 5.68. The molecule has 0 aliphatic heterocycles. The predicted molar refractivity (Wildman–Crippen MR) is 251 cm³/mol. The summed E-state index contributed by atoms with van der Waals surface area (Å²) in [5.74, 6) is -0.852. The van der Waals surface area contributed by atoms with E-state index in [4.69, 9.17) is 33.2 Å². The van der Waals surface area contributed by atoms with Crippen molar-refractivity contribution < 1.29 is 66.7 Å². The molecule has 0 bridgehead atoms. The van der Waals surface area contributed by atoms with Crippen molar-refractivity contribution in [1.82, 2.24) is 0 Å². The number of carbonyl (C=O) groups is 7. The Morgan fingerprint density at radius 2 is 0.641 bits per heavy atom. The maximum atomic E-state index is 11.1. The third kappa shape index (κ3) is 38.7. The number of hydrogen-bond donors (Lipinski definition) is 0. The van der Waals surface area contributed by atoms with Crippen LogP contribution >= 0.6 is 0 Å². The smallest absolute Gasteiger partial charge is 0.303 e. The molecule has 0 N–H and O–H groups in total. The number of rotatable bonds is 25. The summed E-state index contributed by atoms with van der Waals surface area (Å²) in [6.07, 6.45) is 10.3. The minimum atomic E-state index is -0.484. The van der Waals surface area contributed by atoms with E-state index in [1.54, 1.807) is 0 Å². The highest BCUT2D eigenvalue weighted by Gasteiger charge is 2.33. The zero-order chi connectivity index (χ0) is 51.0. The lowest BCUT2D eigenvalue weighted by Crippen LogP contribution is -2.36. The van der Waals surface area contributed by atoms with Crippen molar-refractivity contribution in [3.8, 4) is 0 Å². The van der Waals surface area contributed by atoms with Gasteiger partial charge in [0.1, 0.15) is 35.1 Å². The highest BCUT2D eigenvalue weighted by atomic mass is 16.6. The average molecular weight is 919 g/mol. The molecule has 0 spiro atoms. The van der Waals surface area contributed by atoms with Gasteiger partial charge in [-0.2, -0.15) is 0 Å². The van der Waals surface area contributed by atoms with E-state index >= 15 is 0 Å². The van der Waals surface area contributed by atoms with Crippen LogP contribution in [0.1, 0.15) is 222 Å². The first-order chi connectivity index (χ1) is 29.3. The van der Waals surface area contributed by atoms with Crippen LogP contribution in [0.15, 0.2) is 0 Å². The lowest BCUT2D eigenvalue weighted by Gasteiger charge is -2.34. The van der Waals surface area contributed by atoms with Crippen LogP contribution in [-0.2, 0) is 66.7 Å². The molecule has 378 valence electrons. The molecule has 0 heterocycles. The quantitative estimate of drug-likeness (QED) is 0.0622. The molecule has 0 aliphatic carbocycles. The second-order valence-electron chi connectivity index (χ2n) is 18.2. The average Bonchev–Trinajstić information content (AvgIpc) is 3.16. The normalized spacial score (nSPS) is 16.7. The molecule has 0 rings (SSSR count). The summed E-state index contributed by atoms with van der Waals surface area (Å²) in [7, 11) is 0. The molecule has 0 aliphatic rings. The summed E-state index contributed by atoms with van der Waals surface area (Å²) >= 11 is 0. The lowest BCUT2D eigenvalue weighted by atomic mass is 9.88. The van der Waals surface area contributed by atoms with Crippen LogP contribution in [0.25, 0.3) is 0 Å². The Hall–Kier alpha value is -3.71. The van der Waals surface area contributed by atoms with Gasteiger partial charge in [0.25, 0.3) is 0 Å². The Bertz CT molecular complexity index is 1290. The Kier molecular flexibility index (Phi) is 37.1. The molecule has 64 heavy (non-hydrogen) atoms. The first-order valence-electron chi connectivity index (χ1n) is 23.5. The van der Waals surface area contributed by atoms with Crippen LogP contribution in [0.5, 0.6) is 0 Å². The number of hydrogen-bond acceptors (Lipinski definition) is 14. The summed E-state index contributed by atoms with van der Waals surface area (Å²) in [5.41, 5.74) is -1.39. The summed E-state index contributed by atoms with van der Waals surface area (Å²) in [4.78, 5) is 76.2. The van der Waals surface area contributed by atoms with Crippen LogP contribution in [0.3, 0.4) is 0 Å². The van der Waals surface area contributed by atoms with Crippen LogP contribution in [0, 0.1) is 17.8 Å². The van der Waals surface area contributed by atoms with E-state index in [9.17, 15) is 33.6 Å². The molecule has 0 radical (unpaired) electrons. The fourth-order valence-electron chi connectivity index (χ4n) is 6.20. The molecular formula is C50H94O14. The van der Waals surface area contributed by atoms with E-state index in [1.807, 2.05) is 76.2 Å². The summed E-state index contributed by atoms with van der Waals surface area (Å²) < 4.78 is 36.4. The van der Waals surface area contributed by atoms with E-state index in [0.29, 0.717) is 24.7 Å². The third-order valence-electron chi connectivity index (χ3n) is 11.6. The number of carbonyl (C=O) groups excluding carboxylic acids is 7. The molecule has 0 saturated heterocycles. The van der Waals surface area contributed by atoms with E-state index < -0.39 is 16.8 Å². The van der Waals surface area contributed by atoms with Gasteiger partial charge in [0.05, 0.1) is 6.10 Å². The van der Waals surface area contributed by atoms with Gasteiger partial charge in [0, 0.05) is 48.5 Å². The largest absolute Gasteiger partial charge is 0.463 e. The van der Waals surface area contributed by atoms with Crippen LogP contribution < -0.4 is 0 Å². The van der Waals surface area contributed by atoms with Gasteiger partial charge in [-0.05, 0) is 130 Å². The SMILES string of the molecule is CC(=O)OC(C)C(C)CCC(C)C(C)OC(C)=O.CCC(C)(CCC(C)(CC)OC(C)=O)OC(C)=O.CCC(C)(CCC(C)C(C)OC(C)=O)OC(C)=O.CCCCC(C)OC(C)=O. The number of esters is 7. The second kappa shape index (κ2) is 35.5. The summed E-state index contributed by atoms with van der Waals surface area (Å²) in [5, 5.41) is 0. The minimum absolute atomic E-state index is 0.0706. The number of ether oxygens (including phenoxy) is 7. The summed E-state index contributed by atoms with van der Waals surface area (Å²) in [6.45, 7) is 37.6. The molecule has 0 saturated carbocycles. The molecule has 14 heteroatoms. The van der Waals surface area contributed by atoms with E-state index in [2.05, 4.69) is 20.8 Å². The molecule has 10 atom stereocenters. The molecule has 0 amide bonds. The molecule has 0 aromatic rings. The van der Waals surface area contributed by atoms with E-state index in [-0.39, 0.29) is 72.1 Å². The Balaban J connectivity index is -0.000000383. The van der Waals surface area contributed by atoms with Gasteiger partial charge >= 0.3 is 41.8 Å². The highest BCUT2D eigenvalue weighted by Crippen LogP contribution is 2.30. The Morgan fingerprint density at radius 3 is 0.875 bits per heavy atom. The van der Waals surface area contributed by atoms with Crippen LogP contribution in [0.2, 0.25) is 0 Å². The topological polar surface area (TPSA) is 184 Å². The third-order valence-corrected chi connectivity index (χ3v) is 11.6. The van der Waals surface area contributed by atoms with Gasteiger partial charge in [-0.25, -0.2) is 0 Å². The second-order valence-corrected chi connectivity index (χ2v) is 18.2. The monoisotopic (exact) mass is 919 g/mol. The van der Waals surface area contributed by atoms with Gasteiger partial charge in [-0.1, -0.05) is 61.3 Å². The zero-order valence-corrected chi connectivity index (χ0v) is 44.2. The van der Waals surface area contributed by atoms with Crippen LogP contribution in [-0.4, -0.2) is 83.0 Å². The van der Waals surface area contributed by atoms with E-state index in [1.165, 1.54) is 48.5 Å². The molecule has 0 fully saturated rings. The summed E-state index contributed by atoms with van der Waals surface area (Å²) in [6, 6.07) is 0. The van der Waals surface area contributed by atoms with Gasteiger partial charge in [-0.3, -0.25) is 33.6 Å². The van der Waals surface area contributed by atoms with Crippen molar-refractivity contribution in [1.29, 1.82) is 0 Å². The molecule has 10 unspecified atom stereocenters. The van der Waals surface area contributed by atoms with Crippen molar-refractivity contribution in [2.24, 2.45) is 17.8 Å². The molecular weight excluding hydrogens is 825 g/mol. The molecule has 0 aromatic heterocycles. The predicted octanol–water partition coefficient (Wildman–Crippen LogP) is 11.4. The van der Waals surface area contributed by atoms with Gasteiger partial charge in [0.15, 0.2) is 0 Å². The molecule has 0 aromatic carbocycles. The standard InChI is InChI=1S/3C14H26O4.C8H16O2/c1-9(11(3)17-13(5)15)7-8-10(2)12(4)18-14(6)16;1-7-14(6,18-13(5)16)9-8-10(2)11(3)17-12(4)15;1-7-13(5,17-11(3)15)9-10-14(6,8-2)18-12(4)16;1-4-5-6-7(2)10-8(3)9/h9-12H,7-8H2,1-6H3;10-11H,7-9H2,1-6H3;7-10H2,1-6H3;7H,4-6H2,1-3H3. The Labute approximate surface area is 389 Å². The minimum Gasteiger partial charge on any atom is -0.463 e. The van der Waals surface area contributed by atoms with Crippen molar-refractivity contribution in [3.05, 3.63) is 0 Å². The van der Waals surface area contributed by atoms with Crippen molar-refractivity contribution >= 4 is 41.8 Å². The van der Waals surface area contributed by atoms with E-state index in [0.717, 1.165) is 64.2 Å². The Morgan fingerprint density at radius 1 is 0.375 bits per heavy atom. The van der Waals surface area contributed by atoms with Gasteiger partial charge in [0.2, 0.25) is 0 Å². The zero-order valence-electron chi connectivity index (χ0n) is 44.2. The number of unbranched alkanes of at least 4 members (excludes halogenated alkanes) is 1. The van der Waals surface area contributed by atoms with Crippen molar-refractivity contribution in [3.63, 3.8) is 0 Å². The van der Waals surface area contributed by atoms with Gasteiger partial charge in [-0.15, -0.1) is 0 Å². The maximum absolute atomic E-state index is 11.1. The first-order valence-corrected chi connectivity index (χ1v) is 23.5. The maximum Gasteiger partial charge on any atom is 0.303 e. The van der Waals surface area contributed by atoms with Gasteiger partial charge < -0.3 is 33.2 Å². The van der Waals surface area contributed by atoms with Crippen molar-refractivity contribution in [2.45, 2.75) is 264 Å². The van der Waals surface area contributed by atoms with Crippen molar-refractivity contribution in [2.75, 3.05) is 0 Å². The molecule has 14 nitrogen and oxygen atoms in total. The first kappa shape index (κ1) is 66.9. The van der Waals surface area contributed by atoms with Crippen LogP contribution in [0.4, 0.5) is 0 Å². The lowest BCUT2D eigenvalue weighted by molar-refractivity contribution is -0.164.